The third kappa shape index (κ3) is 4.04. The molecule has 1 fully saturated rings. The molecule has 3 rings (SSSR count). The second-order valence-electron chi connectivity index (χ2n) is 4.69. The number of piperidine rings is 1. The summed E-state index contributed by atoms with van der Waals surface area (Å²) in [6.07, 6.45) is 2.23. The number of nitrogens with zero attached hydrogens (tertiary/aromatic N) is 2. The van der Waals surface area contributed by atoms with Crippen LogP contribution in [0.15, 0.2) is 24.3 Å². The fourth-order valence-corrected chi connectivity index (χ4v) is 3.30. The molecule has 6 heteroatoms. The number of thiazole rings is 1. The SMILES string of the molecule is Cl.Cl.NC1CCN(Cc2nc3ccccc3s2)CC1. The van der Waals surface area contributed by atoms with Crippen LogP contribution in [0.3, 0.4) is 0 Å². The van der Waals surface area contributed by atoms with Gasteiger partial charge in [-0.25, -0.2) is 4.98 Å². The molecule has 106 valence electrons. The minimum absolute atomic E-state index is 0. The Morgan fingerprint density at radius 2 is 1.89 bits per heavy atom. The molecular formula is C13H19Cl2N3S. The molecule has 1 saturated heterocycles. The van der Waals surface area contributed by atoms with Gasteiger partial charge in [0.1, 0.15) is 5.01 Å². The molecule has 0 saturated carbocycles. The first kappa shape index (κ1) is 16.7. The lowest BCUT2D eigenvalue weighted by Crippen LogP contribution is -2.39. The number of para-hydroxylation sites is 1. The molecule has 1 aromatic heterocycles. The number of hydrogen-bond donors (Lipinski definition) is 1. The van der Waals surface area contributed by atoms with Gasteiger partial charge in [0, 0.05) is 19.1 Å². The van der Waals surface area contributed by atoms with Gasteiger partial charge in [-0.3, -0.25) is 4.90 Å². The highest BCUT2D eigenvalue weighted by molar-refractivity contribution is 7.18. The third-order valence-electron chi connectivity index (χ3n) is 3.33. The zero-order valence-corrected chi connectivity index (χ0v) is 13.1. The van der Waals surface area contributed by atoms with Gasteiger partial charge in [-0.15, -0.1) is 36.2 Å². The lowest BCUT2D eigenvalue weighted by molar-refractivity contribution is 0.205. The first-order chi connectivity index (χ1) is 8.31. The summed E-state index contributed by atoms with van der Waals surface area (Å²) in [5.74, 6) is 0. The molecule has 1 aliphatic rings. The van der Waals surface area contributed by atoms with Crippen LogP contribution in [0.1, 0.15) is 17.8 Å². The van der Waals surface area contributed by atoms with E-state index in [1.165, 1.54) is 9.71 Å². The van der Waals surface area contributed by atoms with Crippen molar-refractivity contribution in [2.24, 2.45) is 5.73 Å². The lowest BCUT2D eigenvalue weighted by atomic mass is 10.1. The van der Waals surface area contributed by atoms with E-state index >= 15 is 0 Å². The van der Waals surface area contributed by atoms with Gasteiger partial charge in [0.15, 0.2) is 0 Å². The summed E-state index contributed by atoms with van der Waals surface area (Å²) in [4.78, 5) is 7.13. The van der Waals surface area contributed by atoms with E-state index < -0.39 is 0 Å². The summed E-state index contributed by atoms with van der Waals surface area (Å²) in [5, 5.41) is 1.22. The Kier molecular flexibility index (Phi) is 6.50. The van der Waals surface area contributed by atoms with Crippen LogP contribution in [0, 0.1) is 0 Å². The molecule has 19 heavy (non-hydrogen) atoms. The normalized spacial score (nSPS) is 16.9. The number of likely N-dealkylation sites (tertiary alicyclic amines) is 1. The maximum absolute atomic E-state index is 5.91. The summed E-state index contributed by atoms with van der Waals surface area (Å²) in [5.41, 5.74) is 7.04. The fraction of sp³-hybridized carbons (Fsp3) is 0.462. The molecular weight excluding hydrogens is 301 g/mol. The first-order valence-electron chi connectivity index (χ1n) is 6.13. The highest BCUT2D eigenvalue weighted by Crippen LogP contribution is 2.23. The Bertz CT molecular complexity index is 476. The molecule has 0 spiro atoms. The molecule has 0 radical (unpaired) electrons. The molecule has 0 atom stereocenters. The molecule has 1 aliphatic heterocycles. The first-order valence-corrected chi connectivity index (χ1v) is 6.95. The van der Waals surface area contributed by atoms with Gasteiger partial charge in [0.2, 0.25) is 0 Å². The highest BCUT2D eigenvalue weighted by Gasteiger charge is 2.17. The van der Waals surface area contributed by atoms with Crippen LogP contribution in [0.2, 0.25) is 0 Å². The van der Waals surface area contributed by atoms with Crippen molar-refractivity contribution in [3.05, 3.63) is 29.3 Å². The van der Waals surface area contributed by atoms with E-state index in [2.05, 4.69) is 28.1 Å². The summed E-state index contributed by atoms with van der Waals surface area (Å²) >= 11 is 1.81. The summed E-state index contributed by atoms with van der Waals surface area (Å²) in [6.45, 7) is 3.19. The second kappa shape index (κ2) is 7.41. The van der Waals surface area contributed by atoms with Crippen molar-refractivity contribution in [3.8, 4) is 0 Å². The van der Waals surface area contributed by atoms with Gasteiger partial charge in [0.25, 0.3) is 0 Å². The molecule has 0 amide bonds. The van der Waals surface area contributed by atoms with Crippen LogP contribution in [0.4, 0.5) is 0 Å². The Hall–Kier alpha value is -0.390. The quantitative estimate of drug-likeness (QED) is 0.925. The predicted octanol–water partition coefficient (Wildman–Crippen LogP) is 3.06. The van der Waals surface area contributed by atoms with E-state index in [9.17, 15) is 0 Å². The third-order valence-corrected chi connectivity index (χ3v) is 4.35. The standard InChI is InChI=1S/C13H17N3S.2ClH/c14-10-5-7-16(8-6-10)9-13-15-11-3-1-2-4-12(11)17-13;;/h1-4,10H,5-9,14H2;2*1H. The van der Waals surface area contributed by atoms with Gasteiger partial charge in [-0.1, -0.05) is 12.1 Å². The number of aromatic nitrogens is 1. The van der Waals surface area contributed by atoms with Gasteiger partial charge in [-0.2, -0.15) is 0 Å². The van der Waals surface area contributed by atoms with Gasteiger partial charge in [-0.05, 0) is 25.0 Å². The zero-order valence-electron chi connectivity index (χ0n) is 10.6. The monoisotopic (exact) mass is 319 g/mol. The summed E-state index contributed by atoms with van der Waals surface area (Å²) < 4.78 is 1.29. The molecule has 1 aromatic carbocycles. The molecule has 0 aliphatic carbocycles. The van der Waals surface area contributed by atoms with Crippen molar-refractivity contribution >= 4 is 46.4 Å². The van der Waals surface area contributed by atoms with E-state index in [0.717, 1.165) is 38.0 Å². The van der Waals surface area contributed by atoms with Crippen molar-refractivity contribution in [2.45, 2.75) is 25.4 Å². The maximum Gasteiger partial charge on any atom is 0.108 e. The fourth-order valence-electron chi connectivity index (χ4n) is 2.29. The van der Waals surface area contributed by atoms with E-state index in [1.54, 1.807) is 0 Å². The van der Waals surface area contributed by atoms with Crippen LogP contribution >= 0.6 is 36.2 Å². The van der Waals surface area contributed by atoms with E-state index in [4.69, 9.17) is 5.73 Å². The molecule has 0 bridgehead atoms. The highest BCUT2D eigenvalue weighted by atomic mass is 35.5. The number of rotatable bonds is 2. The van der Waals surface area contributed by atoms with Gasteiger partial charge >= 0.3 is 0 Å². The number of benzene rings is 1. The lowest BCUT2D eigenvalue weighted by Gasteiger charge is -2.29. The molecule has 2 N–H and O–H groups in total. The van der Waals surface area contributed by atoms with Crippen LogP contribution in [-0.2, 0) is 6.54 Å². The molecule has 3 nitrogen and oxygen atoms in total. The molecule has 2 aromatic rings. The minimum Gasteiger partial charge on any atom is -0.328 e. The average Bonchev–Trinajstić information content (AvgIpc) is 2.74. The Balaban J connectivity index is 0.000000902. The molecule has 2 heterocycles. The van der Waals surface area contributed by atoms with Crippen LogP contribution < -0.4 is 5.73 Å². The number of hydrogen-bond acceptors (Lipinski definition) is 4. The summed E-state index contributed by atoms with van der Waals surface area (Å²) in [6, 6.07) is 8.75. The topological polar surface area (TPSA) is 42.1 Å². The van der Waals surface area contributed by atoms with Crippen LogP contribution in [-0.4, -0.2) is 29.0 Å². The van der Waals surface area contributed by atoms with E-state index in [0.29, 0.717) is 6.04 Å². The Morgan fingerprint density at radius 1 is 1.21 bits per heavy atom. The van der Waals surface area contributed by atoms with Crippen molar-refractivity contribution in [2.75, 3.05) is 13.1 Å². The van der Waals surface area contributed by atoms with Gasteiger partial charge in [0.05, 0.1) is 16.8 Å². The van der Waals surface area contributed by atoms with Crippen molar-refractivity contribution in [1.82, 2.24) is 9.88 Å². The van der Waals surface area contributed by atoms with E-state index in [1.807, 2.05) is 17.4 Å². The Morgan fingerprint density at radius 3 is 2.58 bits per heavy atom. The second-order valence-corrected chi connectivity index (χ2v) is 5.80. The van der Waals surface area contributed by atoms with Crippen molar-refractivity contribution in [1.29, 1.82) is 0 Å². The summed E-state index contributed by atoms with van der Waals surface area (Å²) in [7, 11) is 0. The predicted molar refractivity (Wildman–Crippen MR) is 86.6 cm³/mol. The smallest absolute Gasteiger partial charge is 0.108 e. The van der Waals surface area contributed by atoms with Crippen molar-refractivity contribution in [3.63, 3.8) is 0 Å². The van der Waals surface area contributed by atoms with Gasteiger partial charge < -0.3 is 5.73 Å². The minimum atomic E-state index is 0. The largest absolute Gasteiger partial charge is 0.328 e. The number of nitrogens with two attached hydrogens (primary N) is 1. The van der Waals surface area contributed by atoms with E-state index in [-0.39, 0.29) is 24.8 Å². The van der Waals surface area contributed by atoms with Crippen molar-refractivity contribution < 1.29 is 0 Å². The zero-order chi connectivity index (χ0) is 11.7. The maximum atomic E-state index is 5.91. The van der Waals surface area contributed by atoms with Crippen LogP contribution in [0.25, 0.3) is 10.2 Å². The van der Waals surface area contributed by atoms with Crippen LogP contribution in [0.5, 0.6) is 0 Å². The molecule has 0 unspecified atom stereocenters. The Labute approximate surface area is 130 Å². The number of halogens is 2. The number of fused-ring (bicyclic) bond motifs is 1. The average molecular weight is 320 g/mol.